The number of nitrogens with one attached hydrogen (secondary N) is 2. The van der Waals surface area contributed by atoms with E-state index in [2.05, 4.69) is 36.4 Å². The molecule has 0 spiro atoms. The predicted molar refractivity (Wildman–Crippen MR) is 96.2 cm³/mol. The first-order valence-corrected chi connectivity index (χ1v) is 8.61. The maximum absolute atomic E-state index is 9.74. The number of aliphatic imine (C=N–C) groups is 1. The first-order chi connectivity index (χ1) is 11.1. The summed E-state index contributed by atoms with van der Waals surface area (Å²) in [5, 5.41) is 16.4. The number of hydrogen-bond acceptors (Lipinski definition) is 3. The highest BCUT2D eigenvalue weighted by atomic mass is 16.5. The summed E-state index contributed by atoms with van der Waals surface area (Å²) in [6.07, 6.45) is 2.33. The fourth-order valence-corrected chi connectivity index (χ4v) is 2.26. The zero-order valence-corrected chi connectivity index (χ0v) is 14.9. The van der Waals surface area contributed by atoms with Crippen LogP contribution in [0.25, 0.3) is 0 Å². The average Bonchev–Trinajstić information content (AvgIpc) is 2.56. The molecular weight excluding hydrogens is 290 g/mol. The molecule has 0 heterocycles. The second-order valence-corrected chi connectivity index (χ2v) is 5.49. The van der Waals surface area contributed by atoms with E-state index in [0.29, 0.717) is 24.8 Å². The van der Waals surface area contributed by atoms with Gasteiger partial charge in [0.1, 0.15) is 0 Å². The van der Waals surface area contributed by atoms with Gasteiger partial charge in [-0.2, -0.15) is 0 Å². The number of hydrogen-bond donors (Lipinski definition) is 3. The van der Waals surface area contributed by atoms with Crippen LogP contribution in [0.1, 0.15) is 46.1 Å². The van der Waals surface area contributed by atoms with E-state index < -0.39 is 0 Å². The lowest BCUT2D eigenvalue weighted by molar-refractivity contribution is 0.318. The topological polar surface area (TPSA) is 65.9 Å². The first kappa shape index (κ1) is 19.1. The fraction of sp³-hybridized carbons (Fsp3) is 0.611. The van der Waals surface area contributed by atoms with Crippen LogP contribution in [-0.4, -0.2) is 30.8 Å². The molecule has 1 aromatic carbocycles. The Morgan fingerprint density at radius 2 is 1.91 bits per heavy atom. The number of ether oxygens (including phenoxy) is 1. The van der Waals surface area contributed by atoms with E-state index in [1.54, 1.807) is 6.07 Å². The molecule has 3 N–H and O–H groups in total. The highest BCUT2D eigenvalue weighted by Crippen LogP contribution is 2.27. The number of rotatable bonds is 9. The second kappa shape index (κ2) is 10.8. The van der Waals surface area contributed by atoms with Crippen LogP contribution in [0.4, 0.5) is 0 Å². The van der Waals surface area contributed by atoms with Gasteiger partial charge in [-0.15, -0.1) is 0 Å². The molecule has 0 bridgehead atoms. The minimum atomic E-state index is 0.165. The lowest BCUT2D eigenvalue weighted by Crippen LogP contribution is -2.39. The lowest BCUT2D eigenvalue weighted by atomic mass is 10.0. The summed E-state index contributed by atoms with van der Waals surface area (Å²) < 4.78 is 5.41. The summed E-state index contributed by atoms with van der Waals surface area (Å²) in [4.78, 5) is 4.61. The third-order valence-corrected chi connectivity index (χ3v) is 3.80. The zero-order chi connectivity index (χ0) is 17.1. The van der Waals surface area contributed by atoms with Crippen LogP contribution in [0.15, 0.2) is 23.2 Å². The predicted octanol–water partition coefficient (Wildman–Crippen LogP) is 3.28. The zero-order valence-electron chi connectivity index (χ0n) is 14.9. The largest absolute Gasteiger partial charge is 0.504 e. The smallest absolute Gasteiger partial charge is 0.191 e. The highest BCUT2D eigenvalue weighted by Gasteiger charge is 2.06. The number of guanidine groups is 1. The molecule has 0 aliphatic heterocycles. The van der Waals surface area contributed by atoms with Gasteiger partial charge in [0.2, 0.25) is 0 Å². The van der Waals surface area contributed by atoms with Gasteiger partial charge in [0.25, 0.3) is 0 Å². The molecule has 1 aromatic rings. The van der Waals surface area contributed by atoms with Crippen LogP contribution in [-0.2, 0) is 6.54 Å². The van der Waals surface area contributed by atoms with E-state index >= 15 is 0 Å². The molecule has 0 aliphatic carbocycles. The summed E-state index contributed by atoms with van der Waals surface area (Å²) in [5.74, 6) is 2.16. The van der Waals surface area contributed by atoms with Crippen molar-refractivity contribution in [3.8, 4) is 11.5 Å². The monoisotopic (exact) mass is 321 g/mol. The van der Waals surface area contributed by atoms with Crippen molar-refractivity contribution in [1.29, 1.82) is 0 Å². The summed E-state index contributed by atoms with van der Waals surface area (Å²) in [6, 6.07) is 5.36. The molecule has 23 heavy (non-hydrogen) atoms. The molecule has 0 saturated heterocycles. The van der Waals surface area contributed by atoms with Crippen molar-refractivity contribution in [2.45, 2.75) is 47.1 Å². The van der Waals surface area contributed by atoms with Crippen LogP contribution in [0, 0.1) is 5.92 Å². The molecule has 0 aliphatic rings. The lowest BCUT2D eigenvalue weighted by Gasteiger charge is -2.16. The van der Waals surface area contributed by atoms with Gasteiger partial charge in [-0.25, -0.2) is 4.99 Å². The molecule has 0 saturated carbocycles. The summed E-state index contributed by atoms with van der Waals surface area (Å²) in [6.45, 7) is 11.2. The van der Waals surface area contributed by atoms with Crippen LogP contribution in [0.3, 0.4) is 0 Å². The maximum Gasteiger partial charge on any atom is 0.191 e. The van der Waals surface area contributed by atoms with Crippen LogP contribution in [0.2, 0.25) is 0 Å². The van der Waals surface area contributed by atoms with Crippen LogP contribution >= 0.6 is 0 Å². The van der Waals surface area contributed by atoms with Crippen LogP contribution < -0.4 is 15.4 Å². The van der Waals surface area contributed by atoms with Gasteiger partial charge in [0, 0.05) is 13.1 Å². The standard InChI is InChI=1S/C18H31N3O2/c1-5-14(6-2)12-20-18(19-7-3)21-13-15-9-10-16(22)17(11-15)23-8-4/h9-11,14,22H,5-8,12-13H2,1-4H3,(H2,19,20,21). The molecule has 0 fully saturated rings. The normalized spacial score (nSPS) is 11.6. The molecule has 1 rings (SSSR count). The quantitative estimate of drug-likeness (QED) is 0.482. The number of aromatic hydroxyl groups is 1. The van der Waals surface area contributed by atoms with E-state index in [9.17, 15) is 5.11 Å². The molecule has 130 valence electrons. The molecule has 0 unspecified atom stereocenters. The molecule has 0 aromatic heterocycles. The van der Waals surface area contributed by atoms with E-state index in [4.69, 9.17) is 4.74 Å². The number of benzene rings is 1. The summed E-state index contributed by atoms with van der Waals surface area (Å²) in [5.41, 5.74) is 1.01. The highest BCUT2D eigenvalue weighted by molar-refractivity contribution is 5.79. The average molecular weight is 321 g/mol. The van der Waals surface area contributed by atoms with E-state index in [0.717, 1.165) is 24.6 Å². The van der Waals surface area contributed by atoms with Crippen molar-refractivity contribution in [2.75, 3.05) is 19.7 Å². The van der Waals surface area contributed by atoms with Crippen LogP contribution in [0.5, 0.6) is 11.5 Å². The minimum Gasteiger partial charge on any atom is -0.504 e. The van der Waals surface area contributed by atoms with Gasteiger partial charge in [-0.3, -0.25) is 0 Å². The second-order valence-electron chi connectivity index (χ2n) is 5.49. The summed E-state index contributed by atoms with van der Waals surface area (Å²) in [7, 11) is 0. The van der Waals surface area contributed by atoms with Gasteiger partial charge in [0.05, 0.1) is 13.2 Å². The molecule has 5 heteroatoms. The van der Waals surface area contributed by atoms with Crippen molar-refractivity contribution >= 4 is 5.96 Å². The third-order valence-electron chi connectivity index (χ3n) is 3.80. The Bertz CT molecular complexity index is 485. The number of phenolic OH excluding ortho intramolecular Hbond substituents is 1. The third kappa shape index (κ3) is 6.80. The number of nitrogens with zero attached hydrogens (tertiary/aromatic N) is 1. The van der Waals surface area contributed by atoms with Crippen molar-refractivity contribution in [2.24, 2.45) is 10.9 Å². The van der Waals surface area contributed by atoms with Crippen molar-refractivity contribution in [1.82, 2.24) is 10.6 Å². The van der Waals surface area contributed by atoms with Crippen molar-refractivity contribution < 1.29 is 9.84 Å². The molecular formula is C18H31N3O2. The van der Waals surface area contributed by atoms with Gasteiger partial charge >= 0.3 is 0 Å². The Balaban J connectivity index is 2.70. The summed E-state index contributed by atoms with van der Waals surface area (Å²) >= 11 is 0. The van der Waals surface area contributed by atoms with Gasteiger partial charge in [-0.05, 0) is 37.5 Å². The minimum absolute atomic E-state index is 0.165. The van der Waals surface area contributed by atoms with E-state index in [1.165, 1.54) is 12.8 Å². The van der Waals surface area contributed by atoms with E-state index in [1.807, 2.05) is 19.1 Å². The SMILES string of the molecule is CCNC(=NCc1ccc(O)c(OCC)c1)NCC(CC)CC. The maximum atomic E-state index is 9.74. The number of phenols is 1. The van der Waals surface area contributed by atoms with E-state index in [-0.39, 0.29) is 5.75 Å². The molecule has 5 nitrogen and oxygen atoms in total. The van der Waals surface area contributed by atoms with Gasteiger partial charge in [0.15, 0.2) is 17.5 Å². The fourth-order valence-electron chi connectivity index (χ4n) is 2.26. The molecule has 0 radical (unpaired) electrons. The Morgan fingerprint density at radius 3 is 2.52 bits per heavy atom. The Morgan fingerprint density at radius 1 is 1.17 bits per heavy atom. The molecule has 0 amide bonds. The first-order valence-electron chi connectivity index (χ1n) is 8.61. The van der Waals surface area contributed by atoms with Gasteiger partial charge in [-0.1, -0.05) is 32.8 Å². The van der Waals surface area contributed by atoms with Crippen molar-refractivity contribution in [3.63, 3.8) is 0 Å². The Labute approximate surface area is 140 Å². The Hall–Kier alpha value is -1.91. The van der Waals surface area contributed by atoms with Crippen molar-refractivity contribution in [3.05, 3.63) is 23.8 Å². The molecule has 0 atom stereocenters. The van der Waals surface area contributed by atoms with Gasteiger partial charge < -0.3 is 20.5 Å². The Kier molecular flexibility index (Phi) is 8.95.